The van der Waals surface area contributed by atoms with Gasteiger partial charge in [-0.1, -0.05) is 11.6 Å². The maximum absolute atomic E-state index is 13.4. The molecule has 0 radical (unpaired) electrons. The van der Waals surface area contributed by atoms with E-state index in [4.69, 9.17) is 4.52 Å². The zero-order valence-corrected chi connectivity index (χ0v) is 16.8. The summed E-state index contributed by atoms with van der Waals surface area (Å²) < 4.78 is 21.1. The van der Waals surface area contributed by atoms with Crippen LogP contribution in [0.1, 0.15) is 61.8 Å². The molecule has 7 heteroatoms. The molecular formula is C22H28FN5O. The van der Waals surface area contributed by atoms with Crippen molar-refractivity contribution in [1.29, 1.82) is 0 Å². The van der Waals surface area contributed by atoms with E-state index in [-0.39, 0.29) is 5.82 Å². The third kappa shape index (κ3) is 3.92. The molecule has 6 nitrogen and oxygen atoms in total. The SMILES string of the molecule is Fc1ccc2c(C3CCN(CCCc4nnc5n4CCCCC5)CC3)noc2c1. The molecule has 1 saturated heterocycles. The lowest BCUT2D eigenvalue weighted by atomic mass is 9.91. The lowest BCUT2D eigenvalue weighted by Gasteiger charge is -2.31. The highest BCUT2D eigenvalue weighted by Gasteiger charge is 2.25. The Hall–Kier alpha value is -2.28. The van der Waals surface area contributed by atoms with Gasteiger partial charge in [0.15, 0.2) is 5.58 Å². The largest absolute Gasteiger partial charge is 0.356 e. The highest BCUT2D eigenvalue weighted by atomic mass is 19.1. The van der Waals surface area contributed by atoms with Gasteiger partial charge in [-0.05, 0) is 63.9 Å². The number of fused-ring (bicyclic) bond motifs is 2. The minimum Gasteiger partial charge on any atom is -0.356 e. The van der Waals surface area contributed by atoms with E-state index in [9.17, 15) is 4.39 Å². The Balaban J connectivity index is 1.13. The van der Waals surface area contributed by atoms with Crippen LogP contribution in [-0.4, -0.2) is 44.5 Å². The zero-order valence-electron chi connectivity index (χ0n) is 16.8. The van der Waals surface area contributed by atoms with Crippen LogP contribution in [0.2, 0.25) is 0 Å². The van der Waals surface area contributed by atoms with Crippen molar-refractivity contribution in [1.82, 2.24) is 24.8 Å². The average molecular weight is 397 g/mol. The molecule has 5 rings (SSSR count). The van der Waals surface area contributed by atoms with Crippen LogP contribution in [0.5, 0.6) is 0 Å². The van der Waals surface area contributed by atoms with Crippen molar-refractivity contribution in [2.75, 3.05) is 19.6 Å². The molecule has 2 aliphatic heterocycles. The smallest absolute Gasteiger partial charge is 0.170 e. The Labute approximate surface area is 170 Å². The van der Waals surface area contributed by atoms with Gasteiger partial charge >= 0.3 is 0 Å². The second-order valence-electron chi connectivity index (χ2n) is 8.42. The van der Waals surface area contributed by atoms with Crippen molar-refractivity contribution in [3.63, 3.8) is 0 Å². The van der Waals surface area contributed by atoms with Gasteiger partial charge in [0.1, 0.15) is 17.5 Å². The normalized spacial score (nSPS) is 18.8. The summed E-state index contributed by atoms with van der Waals surface area (Å²) >= 11 is 0. The molecular weight excluding hydrogens is 369 g/mol. The number of hydrogen-bond donors (Lipinski definition) is 0. The van der Waals surface area contributed by atoms with E-state index in [1.165, 1.54) is 37.2 Å². The summed E-state index contributed by atoms with van der Waals surface area (Å²) in [6, 6.07) is 4.71. The average Bonchev–Trinajstić information content (AvgIpc) is 3.24. The van der Waals surface area contributed by atoms with Gasteiger partial charge in [-0.3, -0.25) is 0 Å². The predicted octanol–water partition coefficient (Wildman–Crippen LogP) is 4.10. The summed E-state index contributed by atoms with van der Waals surface area (Å²) in [5.41, 5.74) is 1.54. The minimum atomic E-state index is -0.278. The van der Waals surface area contributed by atoms with Gasteiger partial charge in [0.25, 0.3) is 0 Å². The van der Waals surface area contributed by atoms with Crippen molar-refractivity contribution >= 4 is 11.0 Å². The summed E-state index contributed by atoms with van der Waals surface area (Å²) in [5, 5.41) is 14.1. The molecule has 2 aliphatic rings. The molecule has 0 unspecified atom stereocenters. The van der Waals surface area contributed by atoms with Gasteiger partial charge in [-0.2, -0.15) is 0 Å². The van der Waals surface area contributed by atoms with E-state index < -0.39 is 0 Å². The van der Waals surface area contributed by atoms with E-state index in [0.717, 1.165) is 75.2 Å². The first-order valence-electron chi connectivity index (χ1n) is 11.0. The van der Waals surface area contributed by atoms with Crippen LogP contribution < -0.4 is 0 Å². The van der Waals surface area contributed by atoms with Gasteiger partial charge in [0.2, 0.25) is 0 Å². The van der Waals surface area contributed by atoms with Crippen molar-refractivity contribution in [2.24, 2.45) is 0 Å². The molecule has 0 bridgehead atoms. The predicted molar refractivity (Wildman–Crippen MR) is 108 cm³/mol. The van der Waals surface area contributed by atoms with Crippen LogP contribution in [0.15, 0.2) is 22.7 Å². The Morgan fingerprint density at radius 1 is 1.07 bits per heavy atom. The van der Waals surface area contributed by atoms with Gasteiger partial charge in [-0.15, -0.1) is 10.2 Å². The Morgan fingerprint density at radius 3 is 2.86 bits per heavy atom. The second kappa shape index (κ2) is 8.22. The fourth-order valence-electron chi connectivity index (χ4n) is 4.85. The van der Waals surface area contributed by atoms with E-state index >= 15 is 0 Å². The number of nitrogens with zero attached hydrogens (tertiary/aromatic N) is 5. The second-order valence-corrected chi connectivity index (χ2v) is 8.42. The fourth-order valence-corrected chi connectivity index (χ4v) is 4.85. The molecule has 1 aromatic carbocycles. The Bertz CT molecular complexity index is 973. The van der Waals surface area contributed by atoms with Crippen molar-refractivity contribution < 1.29 is 8.91 Å². The molecule has 0 amide bonds. The van der Waals surface area contributed by atoms with Crippen LogP contribution >= 0.6 is 0 Å². The monoisotopic (exact) mass is 397 g/mol. The van der Waals surface area contributed by atoms with Crippen molar-refractivity contribution in [2.45, 2.75) is 63.8 Å². The molecule has 0 saturated carbocycles. The third-order valence-corrected chi connectivity index (χ3v) is 6.50. The van der Waals surface area contributed by atoms with Crippen LogP contribution in [-0.2, 0) is 19.4 Å². The van der Waals surface area contributed by atoms with Crippen LogP contribution in [0, 0.1) is 5.82 Å². The Kier molecular flexibility index (Phi) is 5.31. The molecule has 2 aromatic heterocycles. The number of halogens is 1. The first kappa shape index (κ1) is 18.7. The number of aryl methyl sites for hydroxylation is 2. The summed E-state index contributed by atoms with van der Waals surface area (Å²) in [4.78, 5) is 2.54. The maximum Gasteiger partial charge on any atom is 0.170 e. The quantitative estimate of drug-likeness (QED) is 0.649. The molecule has 29 heavy (non-hydrogen) atoms. The fraction of sp³-hybridized carbons (Fsp3) is 0.591. The lowest BCUT2D eigenvalue weighted by Crippen LogP contribution is -2.34. The van der Waals surface area contributed by atoms with Gasteiger partial charge in [0.05, 0.1) is 5.69 Å². The number of hydrogen-bond acceptors (Lipinski definition) is 5. The Morgan fingerprint density at radius 2 is 1.97 bits per heavy atom. The van der Waals surface area contributed by atoms with Crippen LogP contribution in [0.3, 0.4) is 0 Å². The number of benzene rings is 1. The first-order valence-corrected chi connectivity index (χ1v) is 11.0. The van der Waals surface area contributed by atoms with Gasteiger partial charge < -0.3 is 14.0 Å². The number of piperidine rings is 1. The number of likely N-dealkylation sites (tertiary alicyclic amines) is 1. The lowest BCUT2D eigenvalue weighted by molar-refractivity contribution is 0.207. The van der Waals surface area contributed by atoms with E-state index in [0.29, 0.717) is 11.5 Å². The summed E-state index contributed by atoms with van der Waals surface area (Å²) in [5.74, 6) is 2.46. The highest BCUT2D eigenvalue weighted by Crippen LogP contribution is 2.32. The van der Waals surface area contributed by atoms with Gasteiger partial charge in [-0.25, -0.2) is 4.39 Å². The molecule has 4 heterocycles. The van der Waals surface area contributed by atoms with Crippen LogP contribution in [0.4, 0.5) is 4.39 Å². The summed E-state index contributed by atoms with van der Waals surface area (Å²) in [6.07, 6.45) is 9.12. The molecule has 0 N–H and O–H groups in total. The van der Waals surface area contributed by atoms with Crippen LogP contribution in [0.25, 0.3) is 11.0 Å². The molecule has 0 spiro atoms. The molecule has 3 aromatic rings. The molecule has 0 aliphatic carbocycles. The molecule has 0 atom stereocenters. The van der Waals surface area contributed by atoms with Crippen molar-refractivity contribution in [3.05, 3.63) is 41.4 Å². The van der Waals surface area contributed by atoms with Gasteiger partial charge in [0, 0.05) is 36.8 Å². The number of rotatable bonds is 5. The summed E-state index contributed by atoms with van der Waals surface area (Å²) in [6.45, 7) is 4.31. The topological polar surface area (TPSA) is 60.0 Å². The first-order chi connectivity index (χ1) is 14.3. The van der Waals surface area contributed by atoms with E-state index in [1.54, 1.807) is 6.07 Å². The van der Waals surface area contributed by atoms with E-state index in [1.807, 2.05) is 0 Å². The minimum absolute atomic E-state index is 0.278. The number of aromatic nitrogens is 4. The zero-order chi connectivity index (χ0) is 19.6. The highest BCUT2D eigenvalue weighted by molar-refractivity contribution is 5.79. The molecule has 154 valence electrons. The third-order valence-electron chi connectivity index (χ3n) is 6.50. The van der Waals surface area contributed by atoms with Crippen molar-refractivity contribution in [3.8, 4) is 0 Å². The standard InChI is InChI=1S/C22H28FN5O/c23-17-7-8-18-19(15-17)29-26-22(18)16-9-13-27(14-10-16)11-4-6-21-25-24-20-5-2-1-3-12-28(20)21/h7-8,15-16H,1-6,9-14H2. The summed E-state index contributed by atoms with van der Waals surface area (Å²) in [7, 11) is 0. The van der Waals surface area contributed by atoms with E-state index in [2.05, 4.69) is 24.8 Å². The molecule has 1 fully saturated rings. The maximum atomic E-state index is 13.4.